The van der Waals surface area contributed by atoms with Crippen molar-refractivity contribution < 1.29 is 9.53 Å². The third-order valence-electron chi connectivity index (χ3n) is 1.57. The van der Waals surface area contributed by atoms with E-state index in [4.69, 9.17) is 10.00 Å². The van der Waals surface area contributed by atoms with Crippen LogP contribution in [0.2, 0.25) is 0 Å². The molecule has 0 unspecified atom stereocenters. The number of hydrogen-bond donors (Lipinski definition) is 0. The smallest absolute Gasteiger partial charge is 0.177 e. The monoisotopic (exact) mass is 151 g/mol. The minimum absolute atomic E-state index is 0.0871. The first kappa shape index (κ1) is 7.80. The predicted octanol–water partition coefficient (Wildman–Crippen LogP) is 1.16. The van der Waals surface area contributed by atoms with Crippen molar-refractivity contribution in [3.8, 4) is 6.07 Å². The van der Waals surface area contributed by atoms with Gasteiger partial charge < -0.3 is 4.74 Å². The van der Waals surface area contributed by atoms with Gasteiger partial charge in [-0.1, -0.05) is 0 Å². The van der Waals surface area contributed by atoms with E-state index in [-0.39, 0.29) is 11.4 Å². The summed E-state index contributed by atoms with van der Waals surface area (Å²) in [5, 5.41) is 8.52. The molecule has 0 saturated carbocycles. The van der Waals surface area contributed by atoms with Gasteiger partial charge in [0.1, 0.15) is 17.4 Å². The fraction of sp³-hybridized carbons (Fsp3) is 0.500. The molecule has 1 aliphatic carbocycles. The average Bonchev–Trinajstić information content (AvgIpc) is 2.33. The van der Waals surface area contributed by atoms with Gasteiger partial charge in [-0.05, 0) is 6.92 Å². The zero-order valence-electron chi connectivity index (χ0n) is 6.39. The Morgan fingerprint density at radius 2 is 2.36 bits per heavy atom. The van der Waals surface area contributed by atoms with Crippen molar-refractivity contribution in [3.63, 3.8) is 0 Å². The van der Waals surface area contributed by atoms with Crippen LogP contribution in [0.4, 0.5) is 0 Å². The van der Waals surface area contributed by atoms with Crippen LogP contribution in [0.15, 0.2) is 11.3 Å². The van der Waals surface area contributed by atoms with E-state index in [0.717, 1.165) is 0 Å². The molecule has 1 aliphatic rings. The van der Waals surface area contributed by atoms with E-state index in [1.54, 1.807) is 0 Å². The largest absolute Gasteiger partial charge is 0.497 e. The van der Waals surface area contributed by atoms with Gasteiger partial charge >= 0.3 is 0 Å². The maximum absolute atomic E-state index is 10.9. The Kier molecular flexibility index (Phi) is 2.27. The van der Waals surface area contributed by atoms with Crippen LogP contribution >= 0.6 is 0 Å². The van der Waals surface area contributed by atoms with E-state index < -0.39 is 0 Å². The Morgan fingerprint density at radius 1 is 1.64 bits per heavy atom. The van der Waals surface area contributed by atoms with Crippen molar-refractivity contribution in [2.24, 2.45) is 0 Å². The number of rotatable bonds is 2. The van der Waals surface area contributed by atoms with Crippen LogP contribution < -0.4 is 0 Å². The van der Waals surface area contributed by atoms with Gasteiger partial charge in [-0.2, -0.15) is 5.26 Å². The topological polar surface area (TPSA) is 50.1 Å². The Balaban J connectivity index is 2.82. The lowest BCUT2D eigenvalue weighted by molar-refractivity contribution is -0.114. The van der Waals surface area contributed by atoms with E-state index in [1.165, 1.54) is 0 Å². The Hall–Kier alpha value is -1.30. The van der Waals surface area contributed by atoms with E-state index in [9.17, 15) is 4.79 Å². The van der Waals surface area contributed by atoms with Gasteiger partial charge in [-0.3, -0.25) is 4.79 Å². The fourth-order valence-corrected chi connectivity index (χ4v) is 1.08. The summed E-state index contributed by atoms with van der Waals surface area (Å²) in [5.41, 5.74) is 0.215. The highest BCUT2D eigenvalue weighted by Gasteiger charge is 2.23. The Morgan fingerprint density at radius 3 is 2.91 bits per heavy atom. The van der Waals surface area contributed by atoms with Crippen LogP contribution in [0.3, 0.4) is 0 Å². The highest BCUT2D eigenvalue weighted by Crippen LogP contribution is 2.22. The van der Waals surface area contributed by atoms with Gasteiger partial charge in [0.05, 0.1) is 6.61 Å². The van der Waals surface area contributed by atoms with Crippen LogP contribution in [-0.4, -0.2) is 12.4 Å². The molecule has 0 fully saturated rings. The second-order valence-corrected chi connectivity index (χ2v) is 2.27. The molecule has 0 aromatic rings. The molecule has 0 heterocycles. The molecular formula is C8H9NO2. The number of nitriles is 1. The predicted molar refractivity (Wildman–Crippen MR) is 38.5 cm³/mol. The van der Waals surface area contributed by atoms with Gasteiger partial charge in [-0.25, -0.2) is 0 Å². The van der Waals surface area contributed by atoms with Gasteiger partial charge in [0.2, 0.25) is 0 Å². The maximum atomic E-state index is 10.9. The Bertz CT molecular complexity index is 247. The van der Waals surface area contributed by atoms with E-state index in [0.29, 0.717) is 25.2 Å². The Labute approximate surface area is 65.3 Å². The van der Waals surface area contributed by atoms with Crippen LogP contribution in [0, 0.1) is 11.3 Å². The van der Waals surface area contributed by atoms with Crippen molar-refractivity contribution in [3.05, 3.63) is 11.3 Å². The lowest BCUT2D eigenvalue weighted by Gasteiger charge is -2.00. The molecule has 0 saturated heterocycles. The molecule has 11 heavy (non-hydrogen) atoms. The highest BCUT2D eigenvalue weighted by molar-refractivity contribution is 6.01. The van der Waals surface area contributed by atoms with Crippen LogP contribution in [0.25, 0.3) is 0 Å². The fourth-order valence-electron chi connectivity index (χ4n) is 1.08. The number of allylic oxidation sites excluding steroid dienone is 2. The molecular weight excluding hydrogens is 142 g/mol. The SMILES string of the molecule is CCOC1=C(C#N)C(=O)CC1. The highest BCUT2D eigenvalue weighted by atomic mass is 16.5. The zero-order valence-corrected chi connectivity index (χ0v) is 6.39. The van der Waals surface area contributed by atoms with Gasteiger partial charge in [0, 0.05) is 12.8 Å². The number of hydrogen-bond acceptors (Lipinski definition) is 3. The summed E-state index contributed by atoms with van der Waals surface area (Å²) >= 11 is 0. The maximum Gasteiger partial charge on any atom is 0.177 e. The summed E-state index contributed by atoms with van der Waals surface area (Å²) in [6, 6.07) is 1.85. The molecule has 0 aromatic heterocycles. The summed E-state index contributed by atoms with van der Waals surface area (Å²) in [5.74, 6) is 0.482. The van der Waals surface area contributed by atoms with E-state index in [1.807, 2.05) is 13.0 Å². The number of carbonyl (C=O) groups is 1. The number of nitrogens with zero attached hydrogens (tertiary/aromatic N) is 1. The third-order valence-corrected chi connectivity index (χ3v) is 1.57. The average molecular weight is 151 g/mol. The van der Waals surface area contributed by atoms with Gasteiger partial charge in [0.15, 0.2) is 5.78 Å². The van der Waals surface area contributed by atoms with Gasteiger partial charge in [-0.15, -0.1) is 0 Å². The number of ketones is 1. The van der Waals surface area contributed by atoms with Crippen molar-refractivity contribution in [2.75, 3.05) is 6.61 Å². The van der Waals surface area contributed by atoms with Crippen molar-refractivity contribution in [1.29, 1.82) is 5.26 Å². The number of carbonyl (C=O) groups excluding carboxylic acids is 1. The summed E-state index contributed by atoms with van der Waals surface area (Å²) < 4.78 is 5.11. The third kappa shape index (κ3) is 1.40. The lowest BCUT2D eigenvalue weighted by Crippen LogP contribution is -1.94. The minimum Gasteiger partial charge on any atom is -0.497 e. The van der Waals surface area contributed by atoms with Gasteiger partial charge in [0.25, 0.3) is 0 Å². The van der Waals surface area contributed by atoms with Crippen molar-refractivity contribution >= 4 is 5.78 Å². The van der Waals surface area contributed by atoms with Crippen LogP contribution in [0.1, 0.15) is 19.8 Å². The molecule has 0 amide bonds. The summed E-state index contributed by atoms with van der Waals surface area (Å²) in [6.45, 7) is 2.36. The molecule has 0 spiro atoms. The van der Waals surface area contributed by atoms with Crippen molar-refractivity contribution in [1.82, 2.24) is 0 Å². The summed E-state index contributed by atoms with van der Waals surface area (Å²) in [4.78, 5) is 10.9. The molecule has 3 nitrogen and oxygen atoms in total. The lowest BCUT2D eigenvalue weighted by atomic mass is 10.2. The zero-order chi connectivity index (χ0) is 8.27. The quantitative estimate of drug-likeness (QED) is 0.595. The normalized spacial score (nSPS) is 16.9. The summed E-state index contributed by atoms with van der Waals surface area (Å²) in [7, 11) is 0. The summed E-state index contributed by atoms with van der Waals surface area (Å²) in [6.07, 6.45) is 1.02. The molecule has 1 rings (SSSR count). The molecule has 0 N–H and O–H groups in total. The molecule has 3 heteroatoms. The second-order valence-electron chi connectivity index (χ2n) is 2.27. The number of Topliss-reactive ketones (excluding diaryl/α,β-unsaturated/α-hetero) is 1. The standard InChI is InChI=1S/C8H9NO2/c1-2-11-8-4-3-7(10)6(8)5-9/h2-4H2,1H3. The molecule has 0 aliphatic heterocycles. The minimum atomic E-state index is -0.0871. The molecule has 58 valence electrons. The van der Waals surface area contributed by atoms with E-state index in [2.05, 4.69) is 0 Å². The first-order chi connectivity index (χ1) is 5.29. The molecule has 0 bridgehead atoms. The van der Waals surface area contributed by atoms with Crippen LogP contribution in [0.5, 0.6) is 0 Å². The second kappa shape index (κ2) is 3.20. The van der Waals surface area contributed by atoms with Crippen molar-refractivity contribution in [2.45, 2.75) is 19.8 Å². The van der Waals surface area contributed by atoms with Crippen LogP contribution in [-0.2, 0) is 9.53 Å². The molecule has 0 aromatic carbocycles. The molecule has 0 radical (unpaired) electrons. The number of ether oxygens (including phenoxy) is 1. The van der Waals surface area contributed by atoms with E-state index >= 15 is 0 Å². The molecule has 0 atom stereocenters. The first-order valence-electron chi connectivity index (χ1n) is 3.58. The first-order valence-corrected chi connectivity index (χ1v) is 3.58.